The molecule has 0 bridgehead atoms. The van der Waals surface area contributed by atoms with Crippen LogP contribution < -0.4 is 0 Å². The number of imide groups is 1. The molecule has 2 amide bonds. The Morgan fingerprint density at radius 1 is 1.32 bits per heavy atom. The topological polar surface area (TPSA) is 90.8 Å². The van der Waals surface area contributed by atoms with Crippen molar-refractivity contribution in [2.75, 3.05) is 0 Å². The average Bonchev–Trinajstić information content (AvgIpc) is 2.63. The lowest BCUT2D eigenvalue weighted by Crippen LogP contribution is -2.39. The van der Waals surface area contributed by atoms with Crippen molar-refractivity contribution in [1.29, 1.82) is 0 Å². The Hall–Kier alpha value is -2.59. The van der Waals surface area contributed by atoms with Gasteiger partial charge in [-0.2, -0.15) is 4.79 Å². The number of ketones is 1. The van der Waals surface area contributed by atoms with Crippen LogP contribution in [0.4, 0.5) is 0 Å². The van der Waals surface area contributed by atoms with Gasteiger partial charge in [0.15, 0.2) is 0 Å². The zero-order valence-electron chi connectivity index (χ0n) is 10.2. The van der Waals surface area contributed by atoms with E-state index in [4.69, 9.17) is 5.53 Å². The van der Waals surface area contributed by atoms with Crippen LogP contribution >= 0.6 is 0 Å². The molecule has 1 aromatic carbocycles. The molecular formula is C13H11N3O3. The van der Waals surface area contributed by atoms with Gasteiger partial charge in [-0.05, 0) is 19.1 Å². The van der Waals surface area contributed by atoms with Crippen molar-refractivity contribution < 1.29 is 19.2 Å². The third-order valence-corrected chi connectivity index (χ3v) is 2.96. The van der Waals surface area contributed by atoms with E-state index in [-0.39, 0.29) is 6.42 Å². The highest BCUT2D eigenvalue weighted by Gasteiger charge is 2.38. The van der Waals surface area contributed by atoms with Gasteiger partial charge in [-0.1, -0.05) is 12.1 Å². The quantitative estimate of drug-likeness (QED) is 0.347. The number of benzene rings is 1. The number of hydrogen-bond donors (Lipinski definition) is 0. The fraction of sp³-hybridized carbons (Fsp3) is 0.231. The number of carbonyl (C=O) groups excluding carboxylic acids is 3. The van der Waals surface area contributed by atoms with E-state index in [9.17, 15) is 14.4 Å². The van der Waals surface area contributed by atoms with Gasteiger partial charge >= 0.3 is 6.21 Å². The van der Waals surface area contributed by atoms with Crippen LogP contribution in [0.5, 0.6) is 0 Å². The summed E-state index contributed by atoms with van der Waals surface area (Å²) in [6.07, 6.45) is 0.685. The number of Topliss-reactive ketones (excluding diaryl/α,β-unsaturated/α-hetero) is 1. The van der Waals surface area contributed by atoms with E-state index in [0.29, 0.717) is 11.1 Å². The maximum atomic E-state index is 12.1. The molecule has 0 spiro atoms. The first-order valence-corrected chi connectivity index (χ1v) is 5.73. The van der Waals surface area contributed by atoms with Crippen LogP contribution in [0, 0.1) is 0 Å². The third kappa shape index (κ3) is 2.21. The highest BCUT2D eigenvalue weighted by molar-refractivity contribution is 6.26. The molecule has 6 nitrogen and oxygen atoms in total. The van der Waals surface area contributed by atoms with Gasteiger partial charge in [0.25, 0.3) is 11.8 Å². The van der Waals surface area contributed by atoms with E-state index in [1.807, 2.05) is 0 Å². The molecule has 0 aromatic heterocycles. The molecule has 2 rings (SSSR count). The SMILES string of the molecule is C[C@H](CC(=O)C=[N+]=[N-])N1C(=O)c2ccccc2C1=O. The van der Waals surface area contributed by atoms with Crippen molar-refractivity contribution in [3.05, 3.63) is 40.9 Å². The van der Waals surface area contributed by atoms with Crippen molar-refractivity contribution in [3.8, 4) is 0 Å². The van der Waals surface area contributed by atoms with Gasteiger partial charge in [-0.25, -0.2) is 0 Å². The van der Waals surface area contributed by atoms with Crippen LogP contribution in [0.3, 0.4) is 0 Å². The fourth-order valence-electron chi connectivity index (χ4n) is 2.11. The molecule has 0 saturated carbocycles. The lowest BCUT2D eigenvalue weighted by molar-refractivity contribution is -0.116. The Morgan fingerprint density at radius 3 is 2.32 bits per heavy atom. The second-order valence-electron chi connectivity index (χ2n) is 4.29. The highest BCUT2D eigenvalue weighted by Crippen LogP contribution is 2.25. The molecule has 1 atom stereocenters. The first-order chi connectivity index (χ1) is 9.06. The smallest absolute Gasteiger partial charge is 0.323 e. The van der Waals surface area contributed by atoms with E-state index >= 15 is 0 Å². The summed E-state index contributed by atoms with van der Waals surface area (Å²) in [7, 11) is 0. The van der Waals surface area contributed by atoms with Crippen LogP contribution in [0.1, 0.15) is 34.1 Å². The molecule has 0 aliphatic carbocycles. The second kappa shape index (κ2) is 4.96. The van der Waals surface area contributed by atoms with E-state index < -0.39 is 23.6 Å². The summed E-state index contributed by atoms with van der Waals surface area (Å²) in [5.74, 6) is -1.25. The summed E-state index contributed by atoms with van der Waals surface area (Å²) in [6, 6.07) is 5.94. The molecule has 19 heavy (non-hydrogen) atoms. The normalized spacial score (nSPS) is 14.9. The van der Waals surface area contributed by atoms with Gasteiger partial charge in [-0.3, -0.25) is 19.3 Å². The molecule has 0 N–H and O–H groups in total. The van der Waals surface area contributed by atoms with E-state index in [0.717, 1.165) is 11.1 Å². The van der Waals surface area contributed by atoms with Crippen LogP contribution in [-0.4, -0.2) is 39.5 Å². The molecule has 1 aliphatic heterocycles. The Balaban J connectivity index is 2.24. The Bertz CT molecular complexity index is 582. The molecule has 1 heterocycles. The molecule has 1 aliphatic rings. The Morgan fingerprint density at radius 2 is 1.84 bits per heavy atom. The number of amides is 2. The maximum absolute atomic E-state index is 12.1. The number of hydrogen-bond acceptors (Lipinski definition) is 3. The van der Waals surface area contributed by atoms with Crippen molar-refractivity contribution in [2.24, 2.45) is 0 Å². The molecule has 0 radical (unpaired) electrons. The van der Waals surface area contributed by atoms with E-state index in [2.05, 4.69) is 4.79 Å². The minimum Gasteiger partial charge on any atom is -0.361 e. The minimum absolute atomic E-state index is 0.0739. The summed E-state index contributed by atoms with van der Waals surface area (Å²) in [6.45, 7) is 1.60. The number of rotatable bonds is 4. The predicted molar refractivity (Wildman–Crippen MR) is 65.7 cm³/mol. The van der Waals surface area contributed by atoms with Crippen molar-refractivity contribution in [2.45, 2.75) is 19.4 Å². The summed E-state index contributed by atoms with van der Waals surface area (Å²) >= 11 is 0. The van der Waals surface area contributed by atoms with Crippen molar-refractivity contribution >= 4 is 23.8 Å². The van der Waals surface area contributed by atoms with Gasteiger partial charge in [0.05, 0.1) is 11.1 Å². The Labute approximate surface area is 109 Å². The molecule has 0 unspecified atom stereocenters. The standard InChI is InChI=1S/C13H11N3O3/c1-8(6-9(17)7-15-14)16-12(18)10-4-2-3-5-11(10)13(16)19/h2-5,7-8H,6H2,1H3/t8-/m1/s1. The molecular weight excluding hydrogens is 246 g/mol. The monoisotopic (exact) mass is 257 g/mol. The van der Waals surface area contributed by atoms with Crippen LogP contribution in [0.25, 0.3) is 5.53 Å². The first kappa shape index (κ1) is 12.9. The Kier molecular flexibility index (Phi) is 3.35. The average molecular weight is 257 g/mol. The van der Waals surface area contributed by atoms with Gasteiger partial charge in [0, 0.05) is 12.5 Å². The fourth-order valence-corrected chi connectivity index (χ4v) is 2.11. The summed E-state index contributed by atoms with van der Waals surface area (Å²) in [5.41, 5.74) is 8.96. The molecule has 96 valence electrons. The summed E-state index contributed by atoms with van der Waals surface area (Å²) in [4.78, 5) is 39.2. The van der Waals surface area contributed by atoms with Gasteiger partial charge in [0.1, 0.15) is 0 Å². The molecule has 1 aromatic rings. The number of fused-ring (bicyclic) bond motifs is 1. The zero-order chi connectivity index (χ0) is 14.0. The van der Waals surface area contributed by atoms with Gasteiger partial charge < -0.3 is 5.53 Å². The van der Waals surface area contributed by atoms with Gasteiger partial charge in [0.2, 0.25) is 5.78 Å². The number of carbonyl (C=O) groups is 3. The first-order valence-electron chi connectivity index (χ1n) is 5.73. The maximum Gasteiger partial charge on any atom is 0.323 e. The summed E-state index contributed by atoms with van der Waals surface area (Å²) in [5, 5.41) is 0. The van der Waals surface area contributed by atoms with E-state index in [1.165, 1.54) is 0 Å². The van der Waals surface area contributed by atoms with Crippen LogP contribution in [0.2, 0.25) is 0 Å². The lowest BCUT2D eigenvalue weighted by Gasteiger charge is -2.20. The zero-order valence-corrected chi connectivity index (χ0v) is 10.2. The molecule has 0 saturated heterocycles. The molecule has 0 fully saturated rings. The van der Waals surface area contributed by atoms with Gasteiger partial charge in [-0.15, -0.1) is 0 Å². The van der Waals surface area contributed by atoms with E-state index in [1.54, 1.807) is 31.2 Å². The largest absolute Gasteiger partial charge is 0.361 e. The third-order valence-electron chi connectivity index (χ3n) is 2.96. The van der Waals surface area contributed by atoms with Crippen molar-refractivity contribution in [3.63, 3.8) is 0 Å². The summed E-state index contributed by atoms with van der Waals surface area (Å²) < 4.78 is 0. The predicted octanol–water partition coefficient (Wildman–Crippen LogP) is 0.931. The van der Waals surface area contributed by atoms with Crippen molar-refractivity contribution in [1.82, 2.24) is 4.90 Å². The number of nitrogens with zero attached hydrogens (tertiary/aromatic N) is 3. The van der Waals surface area contributed by atoms with Crippen LogP contribution in [-0.2, 0) is 4.79 Å². The molecule has 6 heteroatoms. The highest BCUT2D eigenvalue weighted by atomic mass is 16.2. The minimum atomic E-state index is -0.585. The lowest BCUT2D eigenvalue weighted by atomic mass is 10.1. The van der Waals surface area contributed by atoms with Crippen LogP contribution in [0.15, 0.2) is 24.3 Å². The second-order valence-corrected chi connectivity index (χ2v) is 4.29.